The van der Waals surface area contributed by atoms with Crippen molar-refractivity contribution in [1.82, 2.24) is 0 Å². The van der Waals surface area contributed by atoms with Crippen LogP contribution in [-0.2, 0) is 12.8 Å². The van der Waals surface area contributed by atoms with E-state index in [0.29, 0.717) is 5.92 Å². The van der Waals surface area contributed by atoms with Crippen molar-refractivity contribution in [3.63, 3.8) is 0 Å². The number of hydrogen-bond acceptors (Lipinski definition) is 3. The molecule has 4 heteroatoms. The van der Waals surface area contributed by atoms with Crippen molar-refractivity contribution in [3.05, 3.63) is 50.3 Å². The molecule has 3 rings (SSSR count). The molecule has 0 spiro atoms. The van der Waals surface area contributed by atoms with Crippen molar-refractivity contribution in [3.8, 4) is 6.07 Å². The van der Waals surface area contributed by atoms with Crippen molar-refractivity contribution < 1.29 is 0 Å². The Bertz CT molecular complexity index is 722. The van der Waals surface area contributed by atoms with Gasteiger partial charge in [0.05, 0.1) is 5.56 Å². The van der Waals surface area contributed by atoms with Crippen molar-refractivity contribution in [2.24, 2.45) is 10.9 Å². The molecule has 1 aliphatic carbocycles. The molecule has 2 aromatic rings. The van der Waals surface area contributed by atoms with E-state index < -0.39 is 0 Å². The van der Waals surface area contributed by atoms with Crippen molar-refractivity contribution >= 4 is 38.5 Å². The molecular weight excluding hydrogens is 344 g/mol. The Morgan fingerprint density at radius 3 is 2.86 bits per heavy atom. The molecule has 0 N–H and O–H groups in total. The first-order valence-corrected chi connectivity index (χ1v) is 8.62. The van der Waals surface area contributed by atoms with Crippen LogP contribution >= 0.6 is 27.3 Å². The zero-order chi connectivity index (χ0) is 14.8. The molecule has 0 aliphatic heterocycles. The molecule has 0 amide bonds. The second-order valence-electron chi connectivity index (χ2n) is 5.45. The highest BCUT2D eigenvalue weighted by Crippen LogP contribution is 2.40. The average Bonchev–Trinajstić information content (AvgIpc) is 2.83. The summed E-state index contributed by atoms with van der Waals surface area (Å²) in [6.07, 6.45) is 5.12. The Morgan fingerprint density at radius 1 is 1.38 bits per heavy atom. The lowest BCUT2D eigenvalue weighted by molar-refractivity contribution is 0.507. The number of nitriles is 1. The molecule has 106 valence electrons. The Morgan fingerprint density at radius 2 is 2.14 bits per heavy atom. The van der Waals surface area contributed by atoms with Crippen LogP contribution in [-0.4, -0.2) is 6.21 Å². The van der Waals surface area contributed by atoms with E-state index in [2.05, 4.69) is 33.9 Å². The maximum Gasteiger partial charge on any atom is 0.134 e. The summed E-state index contributed by atoms with van der Waals surface area (Å²) in [4.78, 5) is 5.92. The predicted octanol–water partition coefficient (Wildman–Crippen LogP) is 5.26. The third kappa shape index (κ3) is 3.09. The van der Waals surface area contributed by atoms with Gasteiger partial charge in [-0.3, -0.25) is 0 Å². The van der Waals surface area contributed by atoms with Crippen LogP contribution < -0.4 is 0 Å². The molecule has 0 radical (unpaired) electrons. The normalized spacial score (nSPS) is 17.7. The van der Waals surface area contributed by atoms with Crippen LogP contribution in [0.15, 0.2) is 33.7 Å². The van der Waals surface area contributed by atoms with Crippen LogP contribution in [0, 0.1) is 17.2 Å². The minimum absolute atomic E-state index is 0.714. The molecule has 1 heterocycles. The zero-order valence-corrected chi connectivity index (χ0v) is 14.2. The predicted molar refractivity (Wildman–Crippen MR) is 91.6 cm³/mol. The third-order valence-electron chi connectivity index (χ3n) is 3.81. The van der Waals surface area contributed by atoms with Gasteiger partial charge in [0.1, 0.15) is 11.1 Å². The fourth-order valence-electron chi connectivity index (χ4n) is 2.62. The number of thiophene rings is 1. The largest absolute Gasteiger partial charge is 0.244 e. The summed E-state index contributed by atoms with van der Waals surface area (Å²) in [5.41, 5.74) is 3.07. The number of nitrogens with zero attached hydrogens (tertiary/aromatic N) is 2. The average molecular weight is 359 g/mol. The lowest BCUT2D eigenvalue weighted by Crippen LogP contribution is -2.09. The first kappa shape index (κ1) is 14.5. The van der Waals surface area contributed by atoms with Gasteiger partial charge in [0.15, 0.2) is 0 Å². The first-order valence-electron chi connectivity index (χ1n) is 7.01. The maximum atomic E-state index is 9.44. The maximum absolute atomic E-state index is 9.44. The van der Waals surface area contributed by atoms with Gasteiger partial charge in [0, 0.05) is 15.6 Å². The Labute approximate surface area is 137 Å². The highest BCUT2D eigenvalue weighted by molar-refractivity contribution is 9.10. The van der Waals surface area contributed by atoms with E-state index in [1.165, 1.54) is 16.9 Å². The summed E-state index contributed by atoms with van der Waals surface area (Å²) in [6, 6.07) is 10.4. The number of hydrogen-bond donors (Lipinski definition) is 0. The van der Waals surface area contributed by atoms with Gasteiger partial charge in [-0.05, 0) is 48.4 Å². The fourth-order valence-corrected chi connectivity index (χ4v) is 4.19. The molecule has 1 aliphatic rings. The standard InChI is InChI=1S/C17H15BrN2S/c1-11-2-7-14-15(9-19)17(21-16(14)8-11)20-10-12-3-5-13(18)6-4-12/h3-6,10-11H,2,7-8H2,1H3/b20-10+. The van der Waals surface area contributed by atoms with Crippen LogP contribution in [0.2, 0.25) is 0 Å². The van der Waals surface area contributed by atoms with Crippen molar-refractivity contribution in [1.29, 1.82) is 5.26 Å². The lowest BCUT2D eigenvalue weighted by Gasteiger charge is -2.17. The first-order chi connectivity index (χ1) is 10.2. The van der Waals surface area contributed by atoms with Gasteiger partial charge >= 0.3 is 0 Å². The molecule has 0 saturated heterocycles. The van der Waals surface area contributed by atoms with Gasteiger partial charge in [-0.25, -0.2) is 4.99 Å². The molecule has 2 nitrogen and oxygen atoms in total. The zero-order valence-electron chi connectivity index (χ0n) is 11.8. The highest BCUT2D eigenvalue weighted by Gasteiger charge is 2.23. The topological polar surface area (TPSA) is 36.1 Å². The van der Waals surface area contributed by atoms with Crippen LogP contribution in [0.5, 0.6) is 0 Å². The third-order valence-corrected chi connectivity index (χ3v) is 5.50. The van der Waals surface area contributed by atoms with E-state index in [0.717, 1.165) is 33.4 Å². The van der Waals surface area contributed by atoms with Gasteiger partial charge in [0.2, 0.25) is 0 Å². The summed E-state index contributed by atoms with van der Waals surface area (Å²) in [5.74, 6) is 0.714. The molecule has 1 aromatic carbocycles. The Hall–Kier alpha value is -1.44. The number of aliphatic imine (C=N–C) groups is 1. The molecule has 0 saturated carbocycles. The Balaban J connectivity index is 1.92. The molecule has 0 bridgehead atoms. The minimum atomic E-state index is 0.714. The van der Waals surface area contributed by atoms with Crippen molar-refractivity contribution in [2.75, 3.05) is 0 Å². The molecule has 1 atom stereocenters. The summed E-state index contributed by atoms with van der Waals surface area (Å²) in [7, 11) is 0. The SMILES string of the molecule is CC1CCc2c(sc(/N=C/c3ccc(Br)cc3)c2C#N)C1. The quantitative estimate of drug-likeness (QED) is 0.674. The second kappa shape index (κ2) is 6.13. The summed E-state index contributed by atoms with van der Waals surface area (Å²) >= 11 is 5.11. The smallest absolute Gasteiger partial charge is 0.134 e. The van der Waals surface area contributed by atoms with E-state index in [1.807, 2.05) is 30.5 Å². The van der Waals surface area contributed by atoms with E-state index >= 15 is 0 Å². The molecule has 1 unspecified atom stereocenters. The number of rotatable bonds is 2. The van der Waals surface area contributed by atoms with Crippen LogP contribution in [0.3, 0.4) is 0 Å². The summed E-state index contributed by atoms with van der Waals surface area (Å²) in [5, 5.41) is 10.3. The fraction of sp³-hybridized carbons (Fsp3) is 0.294. The summed E-state index contributed by atoms with van der Waals surface area (Å²) in [6.45, 7) is 2.28. The molecule has 0 fully saturated rings. The molecular formula is C17H15BrN2S. The van der Waals surface area contributed by atoms with Crippen LogP contribution in [0.4, 0.5) is 5.00 Å². The Kier molecular flexibility index (Phi) is 4.23. The number of fused-ring (bicyclic) bond motifs is 1. The van der Waals surface area contributed by atoms with Gasteiger partial charge in [-0.2, -0.15) is 5.26 Å². The lowest BCUT2D eigenvalue weighted by atomic mass is 9.89. The second-order valence-corrected chi connectivity index (χ2v) is 7.45. The van der Waals surface area contributed by atoms with Crippen LogP contribution in [0.25, 0.3) is 0 Å². The minimum Gasteiger partial charge on any atom is -0.244 e. The van der Waals surface area contributed by atoms with E-state index in [9.17, 15) is 5.26 Å². The van der Waals surface area contributed by atoms with E-state index in [1.54, 1.807) is 11.3 Å². The molecule has 21 heavy (non-hydrogen) atoms. The monoisotopic (exact) mass is 358 g/mol. The van der Waals surface area contributed by atoms with Gasteiger partial charge < -0.3 is 0 Å². The van der Waals surface area contributed by atoms with Gasteiger partial charge in [-0.1, -0.05) is 35.0 Å². The number of halogens is 1. The van der Waals surface area contributed by atoms with E-state index in [4.69, 9.17) is 0 Å². The van der Waals surface area contributed by atoms with Crippen LogP contribution in [0.1, 0.15) is 34.9 Å². The van der Waals surface area contributed by atoms with Gasteiger partial charge in [0.25, 0.3) is 0 Å². The number of benzene rings is 1. The van der Waals surface area contributed by atoms with Gasteiger partial charge in [-0.15, -0.1) is 11.3 Å². The summed E-state index contributed by atoms with van der Waals surface area (Å²) < 4.78 is 1.05. The molecule has 1 aromatic heterocycles. The highest BCUT2D eigenvalue weighted by atomic mass is 79.9. The van der Waals surface area contributed by atoms with E-state index in [-0.39, 0.29) is 0 Å². The van der Waals surface area contributed by atoms with Crippen molar-refractivity contribution in [2.45, 2.75) is 26.2 Å².